The SMILES string of the molecule is CC(CCC#CC(=O)O)OC1CCCCO1. The molecule has 1 aliphatic rings. The average Bonchev–Trinajstić information content (AvgIpc) is 2.25. The van der Waals surface area contributed by atoms with Gasteiger partial charge in [-0.1, -0.05) is 5.92 Å². The highest BCUT2D eigenvalue weighted by Crippen LogP contribution is 2.16. The van der Waals surface area contributed by atoms with Gasteiger partial charge >= 0.3 is 5.97 Å². The van der Waals surface area contributed by atoms with Gasteiger partial charge in [0.1, 0.15) is 0 Å². The van der Waals surface area contributed by atoms with Gasteiger partial charge in [-0.2, -0.15) is 0 Å². The van der Waals surface area contributed by atoms with Crippen molar-refractivity contribution in [2.45, 2.75) is 51.4 Å². The lowest BCUT2D eigenvalue weighted by Gasteiger charge is -2.25. The lowest BCUT2D eigenvalue weighted by atomic mass is 10.2. The van der Waals surface area contributed by atoms with Gasteiger partial charge in [0.05, 0.1) is 6.10 Å². The van der Waals surface area contributed by atoms with Gasteiger partial charge in [-0.3, -0.25) is 0 Å². The van der Waals surface area contributed by atoms with Crippen LogP contribution in [0.3, 0.4) is 0 Å². The lowest BCUT2D eigenvalue weighted by molar-refractivity contribution is -0.185. The van der Waals surface area contributed by atoms with E-state index < -0.39 is 5.97 Å². The molecule has 4 nitrogen and oxygen atoms in total. The standard InChI is InChI=1S/C12H18O4/c1-10(6-2-3-7-11(13)14)16-12-8-4-5-9-15-12/h10,12H,2,4-6,8-9H2,1H3,(H,13,14). The largest absolute Gasteiger partial charge is 0.472 e. The second-order valence-electron chi connectivity index (χ2n) is 3.89. The van der Waals surface area contributed by atoms with E-state index in [1.54, 1.807) is 0 Å². The maximum Gasteiger partial charge on any atom is 0.381 e. The van der Waals surface area contributed by atoms with Gasteiger partial charge in [-0.25, -0.2) is 4.79 Å². The second-order valence-corrected chi connectivity index (χ2v) is 3.89. The Morgan fingerprint density at radius 1 is 1.62 bits per heavy atom. The number of rotatable bonds is 4. The molecule has 1 N–H and O–H groups in total. The minimum absolute atomic E-state index is 0.0613. The summed E-state index contributed by atoms with van der Waals surface area (Å²) in [5, 5.41) is 8.31. The highest BCUT2D eigenvalue weighted by atomic mass is 16.7. The predicted octanol–water partition coefficient (Wildman–Crippen LogP) is 1.79. The summed E-state index contributed by atoms with van der Waals surface area (Å²) in [5.74, 6) is 3.59. The Hall–Kier alpha value is -1.05. The van der Waals surface area contributed by atoms with Crippen LogP contribution in [0.1, 0.15) is 39.0 Å². The van der Waals surface area contributed by atoms with Gasteiger partial charge in [0.2, 0.25) is 0 Å². The van der Waals surface area contributed by atoms with Crippen molar-refractivity contribution >= 4 is 5.97 Å². The third-order valence-electron chi connectivity index (χ3n) is 2.39. The first kappa shape index (κ1) is 13.0. The van der Waals surface area contributed by atoms with Crippen LogP contribution in [0.4, 0.5) is 0 Å². The Morgan fingerprint density at radius 2 is 2.44 bits per heavy atom. The molecular formula is C12H18O4. The molecule has 0 aliphatic carbocycles. The van der Waals surface area contributed by atoms with Gasteiger partial charge in [0.15, 0.2) is 6.29 Å². The number of hydrogen-bond donors (Lipinski definition) is 1. The average molecular weight is 226 g/mol. The van der Waals surface area contributed by atoms with Crippen molar-refractivity contribution in [1.82, 2.24) is 0 Å². The lowest BCUT2D eigenvalue weighted by Crippen LogP contribution is -2.26. The first-order valence-corrected chi connectivity index (χ1v) is 5.67. The summed E-state index contributed by atoms with van der Waals surface area (Å²) in [7, 11) is 0. The summed E-state index contributed by atoms with van der Waals surface area (Å²) in [6.07, 6.45) is 4.46. The van der Waals surface area contributed by atoms with Crippen molar-refractivity contribution in [2.24, 2.45) is 0 Å². The van der Waals surface area contributed by atoms with Crippen LogP contribution >= 0.6 is 0 Å². The molecule has 0 spiro atoms. The minimum atomic E-state index is -1.08. The molecule has 1 aliphatic heterocycles. The van der Waals surface area contributed by atoms with Crippen molar-refractivity contribution in [3.05, 3.63) is 0 Å². The Balaban J connectivity index is 2.13. The molecule has 90 valence electrons. The van der Waals surface area contributed by atoms with E-state index in [9.17, 15) is 4.79 Å². The van der Waals surface area contributed by atoms with E-state index in [1.807, 2.05) is 6.92 Å². The number of aliphatic carboxylic acids is 1. The summed E-state index contributed by atoms with van der Waals surface area (Å²) >= 11 is 0. The first-order chi connectivity index (χ1) is 7.68. The topological polar surface area (TPSA) is 55.8 Å². The van der Waals surface area contributed by atoms with Crippen LogP contribution in [0.15, 0.2) is 0 Å². The maximum absolute atomic E-state index is 10.1. The van der Waals surface area contributed by atoms with Crippen LogP contribution < -0.4 is 0 Å². The van der Waals surface area contributed by atoms with Crippen LogP contribution in [0, 0.1) is 11.8 Å². The fourth-order valence-electron chi connectivity index (χ4n) is 1.56. The molecule has 4 heteroatoms. The van der Waals surface area contributed by atoms with E-state index in [-0.39, 0.29) is 12.4 Å². The number of ether oxygens (including phenoxy) is 2. The van der Waals surface area contributed by atoms with Crippen LogP contribution in [0.25, 0.3) is 0 Å². The second kappa shape index (κ2) is 7.26. The van der Waals surface area contributed by atoms with Crippen molar-refractivity contribution in [2.75, 3.05) is 6.61 Å². The van der Waals surface area contributed by atoms with E-state index in [0.29, 0.717) is 6.42 Å². The van der Waals surface area contributed by atoms with Crippen molar-refractivity contribution in [3.8, 4) is 11.8 Å². The summed E-state index contributed by atoms with van der Waals surface area (Å²) < 4.78 is 11.1. The van der Waals surface area contributed by atoms with Gasteiger partial charge < -0.3 is 14.6 Å². The van der Waals surface area contributed by atoms with Gasteiger partial charge in [0.25, 0.3) is 0 Å². The Kier molecular flexibility index (Phi) is 5.91. The molecule has 0 bridgehead atoms. The third kappa shape index (κ3) is 5.74. The van der Waals surface area contributed by atoms with E-state index in [4.69, 9.17) is 14.6 Å². The first-order valence-electron chi connectivity index (χ1n) is 5.67. The molecule has 0 aromatic carbocycles. The van der Waals surface area contributed by atoms with E-state index in [2.05, 4.69) is 11.8 Å². The van der Waals surface area contributed by atoms with Crippen LogP contribution in [0.2, 0.25) is 0 Å². The van der Waals surface area contributed by atoms with Crippen LogP contribution in [-0.2, 0) is 14.3 Å². The number of hydrogen-bond acceptors (Lipinski definition) is 3. The van der Waals surface area contributed by atoms with Crippen LogP contribution in [-0.4, -0.2) is 30.1 Å². The molecule has 0 aromatic rings. The van der Waals surface area contributed by atoms with E-state index >= 15 is 0 Å². The summed E-state index contributed by atoms with van der Waals surface area (Å²) in [4.78, 5) is 10.1. The Labute approximate surface area is 95.9 Å². The highest BCUT2D eigenvalue weighted by Gasteiger charge is 2.16. The zero-order chi connectivity index (χ0) is 11.8. The summed E-state index contributed by atoms with van der Waals surface area (Å²) in [6, 6.07) is 0. The van der Waals surface area contributed by atoms with Gasteiger partial charge in [-0.15, -0.1) is 0 Å². The van der Waals surface area contributed by atoms with Gasteiger partial charge in [0, 0.05) is 18.9 Å². The molecule has 2 unspecified atom stereocenters. The summed E-state index contributed by atoms with van der Waals surface area (Å²) in [6.45, 7) is 2.73. The maximum atomic E-state index is 10.1. The van der Waals surface area contributed by atoms with Crippen molar-refractivity contribution in [3.63, 3.8) is 0 Å². The molecule has 1 fully saturated rings. The Bertz CT molecular complexity index is 270. The monoisotopic (exact) mass is 226 g/mol. The van der Waals surface area contributed by atoms with Crippen molar-refractivity contribution < 1.29 is 19.4 Å². The van der Waals surface area contributed by atoms with Crippen LogP contribution in [0.5, 0.6) is 0 Å². The van der Waals surface area contributed by atoms with E-state index in [1.165, 1.54) is 0 Å². The fraction of sp³-hybridized carbons (Fsp3) is 0.750. The number of carbonyl (C=O) groups is 1. The van der Waals surface area contributed by atoms with Crippen molar-refractivity contribution in [1.29, 1.82) is 0 Å². The third-order valence-corrected chi connectivity index (χ3v) is 2.39. The molecular weight excluding hydrogens is 208 g/mol. The quantitative estimate of drug-likeness (QED) is 0.742. The summed E-state index contributed by atoms with van der Waals surface area (Å²) in [5.41, 5.74) is 0. The Morgan fingerprint density at radius 3 is 3.06 bits per heavy atom. The molecule has 1 saturated heterocycles. The molecule has 1 rings (SSSR count). The highest BCUT2D eigenvalue weighted by molar-refractivity contribution is 5.86. The molecule has 16 heavy (non-hydrogen) atoms. The predicted molar refractivity (Wildman–Crippen MR) is 58.8 cm³/mol. The molecule has 0 radical (unpaired) electrons. The number of carboxylic acid groups (broad SMARTS) is 1. The zero-order valence-corrected chi connectivity index (χ0v) is 9.57. The van der Waals surface area contributed by atoms with Gasteiger partial charge in [-0.05, 0) is 32.6 Å². The number of carboxylic acids is 1. The molecule has 0 amide bonds. The van der Waals surface area contributed by atoms with E-state index in [0.717, 1.165) is 32.3 Å². The normalized spacial score (nSPS) is 21.9. The molecule has 0 saturated carbocycles. The minimum Gasteiger partial charge on any atom is -0.472 e. The molecule has 0 aromatic heterocycles. The molecule has 2 atom stereocenters. The fourth-order valence-corrected chi connectivity index (χ4v) is 1.56. The smallest absolute Gasteiger partial charge is 0.381 e. The molecule has 1 heterocycles. The zero-order valence-electron chi connectivity index (χ0n) is 9.57.